The largest absolute Gasteiger partial charge is 0.416 e. The molecule has 0 atom stereocenters. The fourth-order valence-electron chi connectivity index (χ4n) is 2.96. The van der Waals surface area contributed by atoms with Crippen LogP contribution in [0.2, 0.25) is 0 Å². The predicted octanol–water partition coefficient (Wildman–Crippen LogP) is 4.93. The van der Waals surface area contributed by atoms with Crippen LogP contribution in [0, 0.1) is 6.92 Å². The number of alkyl halides is 3. The highest BCUT2D eigenvalue weighted by atomic mass is 32.2. The van der Waals surface area contributed by atoms with Crippen LogP contribution in [-0.4, -0.2) is 30.9 Å². The summed E-state index contributed by atoms with van der Waals surface area (Å²) in [5.41, 5.74) is 1.34. The third-order valence-corrected chi connectivity index (χ3v) is 5.47. The summed E-state index contributed by atoms with van der Waals surface area (Å²) in [5.74, 6) is -0.409. The van der Waals surface area contributed by atoms with Crippen LogP contribution in [-0.2, 0) is 11.9 Å². The van der Waals surface area contributed by atoms with Crippen LogP contribution in [0.5, 0.6) is 0 Å². The highest BCUT2D eigenvalue weighted by Gasteiger charge is 2.30. The summed E-state index contributed by atoms with van der Waals surface area (Å²) in [7, 11) is 0. The van der Waals surface area contributed by atoms with Crippen molar-refractivity contribution in [1.82, 2.24) is 25.0 Å². The quantitative estimate of drug-likeness (QED) is 0.318. The van der Waals surface area contributed by atoms with Gasteiger partial charge in [-0.05, 0) is 43.3 Å². The van der Waals surface area contributed by atoms with Crippen molar-refractivity contribution in [1.29, 1.82) is 0 Å². The van der Waals surface area contributed by atoms with Gasteiger partial charge in [-0.2, -0.15) is 13.2 Å². The lowest BCUT2D eigenvalue weighted by molar-refractivity contribution is -0.137. The second-order valence-electron chi connectivity index (χ2n) is 6.98. The van der Waals surface area contributed by atoms with E-state index in [9.17, 15) is 18.0 Å². The van der Waals surface area contributed by atoms with Crippen molar-refractivity contribution >= 4 is 23.4 Å². The molecular weight excluding hydrogens is 453 g/mol. The summed E-state index contributed by atoms with van der Waals surface area (Å²) in [6.45, 7) is 1.95. The minimum Gasteiger partial charge on any atom is -0.321 e. The van der Waals surface area contributed by atoms with Crippen molar-refractivity contribution in [2.24, 2.45) is 0 Å². The van der Waals surface area contributed by atoms with E-state index in [4.69, 9.17) is 0 Å². The van der Waals surface area contributed by atoms with Crippen LogP contribution in [0.25, 0.3) is 5.69 Å². The van der Waals surface area contributed by atoms with Gasteiger partial charge in [0.05, 0.1) is 16.9 Å². The Hall–Kier alpha value is -3.73. The lowest BCUT2D eigenvalue weighted by Gasteiger charge is -2.10. The van der Waals surface area contributed by atoms with Gasteiger partial charge in [0.2, 0.25) is 0 Å². The van der Waals surface area contributed by atoms with E-state index in [1.54, 1.807) is 18.5 Å². The molecule has 4 aromatic rings. The van der Waals surface area contributed by atoms with E-state index >= 15 is 0 Å². The van der Waals surface area contributed by atoms with E-state index in [1.807, 2.05) is 31.2 Å². The monoisotopic (exact) mass is 470 g/mol. The number of amides is 1. The van der Waals surface area contributed by atoms with Gasteiger partial charge in [-0.15, -0.1) is 5.10 Å². The number of nitrogens with zero attached hydrogens (tertiary/aromatic N) is 5. The number of carbonyl (C=O) groups is 1. The Balaban J connectivity index is 1.65. The maximum Gasteiger partial charge on any atom is 0.416 e. The van der Waals surface area contributed by atoms with Gasteiger partial charge in [0.25, 0.3) is 5.91 Å². The van der Waals surface area contributed by atoms with Crippen LogP contribution in [0.3, 0.4) is 0 Å². The molecule has 0 bridgehead atoms. The fourth-order valence-corrected chi connectivity index (χ4v) is 3.75. The molecule has 0 aliphatic carbocycles. The van der Waals surface area contributed by atoms with E-state index in [0.29, 0.717) is 16.5 Å². The van der Waals surface area contributed by atoms with Gasteiger partial charge in [-0.1, -0.05) is 40.7 Å². The van der Waals surface area contributed by atoms with Crippen LogP contribution in [0.15, 0.2) is 72.1 Å². The molecule has 0 radical (unpaired) electrons. The summed E-state index contributed by atoms with van der Waals surface area (Å²) in [4.78, 5) is 21.3. The normalized spacial score (nSPS) is 11.4. The summed E-state index contributed by atoms with van der Waals surface area (Å²) in [6.07, 6.45) is -1.31. The first-order valence-corrected chi connectivity index (χ1v) is 10.7. The lowest BCUT2D eigenvalue weighted by atomic mass is 10.2. The topological polar surface area (TPSA) is 85.6 Å². The number of hydrogen-bond acceptors (Lipinski definition) is 6. The van der Waals surface area contributed by atoms with E-state index < -0.39 is 17.6 Å². The Morgan fingerprint density at radius 1 is 1.06 bits per heavy atom. The second-order valence-corrected chi connectivity index (χ2v) is 7.93. The smallest absolute Gasteiger partial charge is 0.321 e. The van der Waals surface area contributed by atoms with Gasteiger partial charge >= 0.3 is 6.18 Å². The van der Waals surface area contributed by atoms with E-state index in [2.05, 4.69) is 25.6 Å². The number of hydrogen-bond donors (Lipinski definition) is 1. The van der Waals surface area contributed by atoms with Crippen LogP contribution in [0.1, 0.15) is 27.3 Å². The minimum absolute atomic E-state index is 0.00332. The van der Waals surface area contributed by atoms with Crippen LogP contribution >= 0.6 is 11.8 Å². The molecule has 0 saturated heterocycles. The van der Waals surface area contributed by atoms with Crippen LogP contribution < -0.4 is 5.32 Å². The molecule has 11 heteroatoms. The highest BCUT2D eigenvalue weighted by Crippen LogP contribution is 2.31. The fraction of sp³-hybridized carbons (Fsp3) is 0.136. The number of aryl methyl sites for hydroxylation is 1. The second kappa shape index (κ2) is 9.41. The molecule has 0 aliphatic heterocycles. The summed E-state index contributed by atoms with van der Waals surface area (Å²) < 4.78 is 40.6. The van der Waals surface area contributed by atoms with Crippen molar-refractivity contribution in [3.05, 3.63) is 89.5 Å². The molecule has 0 spiro atoms. The van der Waals surface area contributed by atoms with Crippen molar-refractivity contribution in [3.8, 4) is 5.69 Å². The van der Waals surface area contributed by atoms with Gasteiger partial charge in [0.1, 0.15) is 0 Å². The van der Waals surface area contributed by atoms with Gasteiger partial charge in [0, 0.05) is 23.8 Å². The molecule has 0 saturated carbocycles. The molecule has 33 heavy (non-hydrogen) atoms. The molecule has 0 fully saturated rings. The van der Waals surface area contributed by atoms with Crippen molar-refractivity contribution < 1.29 is 18.0 Å². The summed E-state index contributed by atoms with van der Waals surface area (Å²) in [6, 6.07) is 13.6. The number of nitrogens with one attached hydrogen (secondary N) is 1. The molecule has 4 rings (SSSR count). The maximum atomic E-state index is 13.0. The number of thioether (sulfide) groups is 1. The molecule has 7 nitrogen and oxygen atoms in total. The molecule has 168 valence electrons. The number of aromatic nitrogens is 5. The zero-order valence-electron chi connectivity index (χ0n) is 17.2. The first kappa shape index (κ1) is 22.5. The minimum atomic E-state index is -4.52. The van der Waals surface area contributed by atoms with Gasteiger partial charge < -0.3 is 5.32 Å². The number of anilines is 1. The van der Waals surface area contributed by atoms with Gasteiger partial charge in [-0.3, -0.25) is 4.79 Å². The van der Waals surface area contributed by atoms with Crippen molar-refractivity contribution in [3.63, 3.8) is 0 Å². The SMILES string of the molecule is Cc1ccc(-n2nnc(C(=O)Nc3cccc(C(F)(F)F)c3)c2CSc2ncccn2)cc1. The number of halogens is 3. The van der Waals surface area contributed by atoms with Gasteiger partial charge in [-0.25, -0.2) is 14.6 Å². The first-order chi connectivity index (χ1) is 15.8. The standard InChI is InChI=1S/C22H17F3N6OS/c1-14-6-8-17(9-7-14)31-18(13-33-21-26-10-3-11-27-21)19(29-30-31)20(32)28-16-5-2-4-15(12-16)22(23,24)25/h2-12H,13H2,1H3,(H,28,32). The molecule has 2 aromatic carbocycles. The van der Waals surface area contributed by atoms with Crippen molar-refractivity contribution in [2.75, 3.05) is 5.32 Å². The number of carbonyl (C=O) groups excluding carboxylic acids is 1. The molecular formula is C22H17F3N6OS. The summed E-state index contributed by atoms with van der Waals surface area (Å²) in [5, 5.41) is 11.1. The number of rotatable bonds is 6. The Morgan fingerprint density at radius 3 is 2.48 bits per heavy atom. The van der Waals surface area contributed by atoms with E-state index in [-0.39, 0.29) is 17.1 Å². The Morgan fingerprint density at radius 2 is 1.79 bits per heavy atom. The van der Waals surface area contributed by atoms with E-state index in [1.165, 1.54) is 28.6 Å². The average Bonchev–Trinajstić information content (AvgIpc) is 3.22. The third-order valence-electron chi connectivity index (χ3n) is 4.58. The summed E-state index contributed by atoms with van der Waals surface area (Å²) >= 11 is 1.28. The zero-order chi connectivity index (χ0) is 23.4. The average molecular weight is 470 g/mol. The Kier molecular flexibility index (Phi) is 6.40. The third kappa shape index (κ3) is 5.37. The molecule has 2 heterocycles. The highest BCUT2D eigenvalue weighted by molar-refractivity contribution is 7.98. The Labute approximate surface area is 191 Å². The molecule has 1 N–H and O–H groups in total. The zero-order valence-corrected chi connectivity index (χ0v) is 18.1. The maximum absolute atomic E-state index is 13.0. The lowest BCUT2D eigenvalue weighted by Crippen LogP contribution is -2.16. The van der Waals surface area contributed by atoms with E-state index in [0.717, 1.165) is 17.7 Å². The first-order valence-electron chi connectivity index (χ1n) is 9.71. The number of benzene rings is 2. The van der Waals surface area contributed by atoms with Gasteiger partial charge in [0.15, 0.2) is 10.9 Å². The Bertz CT molecular complexity index is 1260. The molecule has 0 unspecified atom stereocenters. The molecule has 2 aromatic heterocycles. The van der Waals surface area contributed by atoms with Crippen LogP contribution in [0.4, 0.5) is 18.9 Å². The van der Waals surface area contributed by atoms with Crippen molar-refractivity contribution in [2.45, 2.75) is 24.0 Å². The molecule has 1 amide bonds. The molecule has 0 aliphatic rings. The predicted molar refractivity (Wildman–Crippen MR) is 117 cm³/mol.